The molecule has 0 N–H and O–H groups in total. The van der Waals surface area contributed by atoms with E-state index >= 15 is 0 Å². The SMILES string of the molecule is N#CC(C#N)(CCC(F)(F)F)Cc1cnc(F)c(F)c1. The third kappa shape index (κ3) is 4.16. The van der Waals surface area contributed by atoms with Crippen molar-refractivity contribution in [2.45, 2.75) is 25.4 Å². The van der Waals surface area contributed by atoms with Gasteiger partial charge < -0.3 is 0 Å². The van der Waals surface area contributed by atoms with Gasteiger partial charge in [-0.25, -0.2) is 9.37 Å². The predicted octanol–water partition coefficient (Wildman–Crippen LogP) is 3.28. The first-order valence-electron chi connectivity index (χ1n) is 5.40. The summed E-state index contributed by atoms with van der Waals surface area (Å²) in [4.78, 5) is 3.06. The molecule has 0 spiro atoms. The molecule has 3 nitrogen and oxygen atoms in total. The second-order valence-electron chi connectivity index (χ2n) is 4.21. The standard InChI is InChI=1S/C12H8F5N3/c13-9-3-8(5-20-10(9)14)4-11(6-18,7-19)1-2-12(15,16)17/h3,5H,1-2,4H2. The zero-order valence-corrected chi connectivity index (χ0v) is 10.0. The minimum Gasteiger partial charge on any atom is -0.225 e. The van der Waals surface area contributed by atoms with Gasteiger partial charge in [-0.05, 0) is 18.1 Å². The minimum absolute atomic E-state index is 0.0193. The summed E-state index contributed by atoms with van der Waals surface area (Å²) < 4.78 is 62.1. The molecule has 106 valence electrons. The molecule has 0 amide bonds. The van der Waals surface area contributed by atoms with Crippen LogP contribution in [0.3, 0.4) is 0 Å². The fourth-order valence-corrected chi connectivity index (χ4v) is 1.57. The Morgan fingerprint density at radius 3 is 2.15 bits per heavy atom. The summed E-state index contributed by atoms with van der Waals surface area (Å²) in [6, 6.07) is 3.74. The topological polar surface area (TPSA) is 60.5 Å². The molecule has 0 unspecified atom stereocenters. The molecule has 1 rings (SSSR count). The van der Waals surface area contributed by atoms with Crippen molar-refractivity contribution in [1.82, 2.24) is 4.98 Å². The summed E-state index contributed by atoms with van der Waals surface area (Å²) in [6.07, 6.45) is -6.14. The van der Waals surface area contributed by atoms with Crippen LogP contribution in [0.25, 0.3) is 0 Å². The Morgan fingerprint density at radius 2 is 1.70 bits per heavy atom. The predicted molar refractivity (Wildman–Crippen MR) is 56.8 cm³/mol. The lowest BCUT2D eigenvalue weighted by Crippen LogP contribution is -2.23. The van der Waals surface area contributed by atoms with E-state index in [0.29, 0.717) is 6.07 Å². The van der Waals surface area contributed by atoms with Crippen LogP contribution in [0.2, 0.25) is 0 Å². The van der Waals surface area contributed by atoms with Crippen LogP contribution < -0.4 is 0 Å². The highest BCUT2D eigenvalue weighted by Gasteiger charge is 2.37. The molecule has 0 radical (unpaired) electrons. The van der Waals surface area contributed by atoms with Gasteiger partial charge in [0.1, 0.15) is 5.41 Å². The molecule has 1 aromatic rings. The number of aromatic nitrogens is 1. The lowest BCUT2D eigenvalue weighted by Gasteiger charge is -2.19. The Bertz CT molecular complexity index is 554. The number of alkyl halides is 3. The molecule has 0 aliphatic rings. The van der Waals surface area contributed by atoms with E-state index in [1.54, 1.807) is 0 Å². The van der Waals surface area contributed by atoms with Crippen molar-refractivity contribution in [3.8, 4) is 12.1 Å². The maximum absolute atomic E-state index is 13.0. The third-order valence-corrected chi connectivity index (χ3v) is 2.62. The normalized spacial score (nSPS) is 11.8. The van der Waals surface area contributed by atoms with Gasteiger partial charge >= 0.3 is 6.18 Å². The van der Waals surface area contributed by atoms with Gasteiger partial charge in [0.2, 0.25) is 5.95 Å². The van der Waals surface area contributed by atoms with E-state index in [2.05, 4.69) is 4.98 Å². The van der Waals surface area contributed by atoms with E-state index < -0.39 is 42.6 Å². The van der Waals surface area contributed by atoms with Gasteiger partial charge in [0.15, 0.2) is 5.82 Å². The summed E-state index contributed by atoms with van der Waals surface area (Å²) in [6.45, 7) is 0. The molecule has 0 aromatic carbocycles. The summed E-state index contributed by atoms with van der Waals surface area (Å²) in [7, 11) is 0. The first kappa shape index (κ1) is 15.8. The Morgan fingerprint density at radius 1 is 1.10 bits per heavy atom. The molecule has 1 aromatic heterocycles. The van der Waals surface area contributed by atoms with Crippen molar-refractivity contribution in [3.05, 3.63) is 29.6 Å². The number of halogens is 5. The third-order valence-electron chi connectivity index (χ3n) is 2.62. The summed E-state index contributed by atoms with van der Waals surface area (Å²) in [5, 5.41) is 17.9. The highest BCUT2D eigenvalue weighted by atomic mass is 19.4. The van der Waals surface area contributed by atoms with Gasteiger partial charge in [0.05, 0.1) is 12.1 Å². The van der Waals surface area contributed by atoms with E-state index in [-0.39, 0.29) is 5.56 Å². The van der Waals surface area contributed by atoms with Crippen molar-refractivity contribution < 1.29 is 22.0 Å². The average molecular weight is 289 g/mol. The quantitative estimate of drug-likeness (QED) is 0.631. The average Bonchev–Trinajstić information content (AvgIpc) is 2.38. The van der Waals surface area contributed by atoms with Crippen LogP contribution in [-0.2, 0) is 6.42 Å². The van der Waals surface area contributed by atoms with Crippen LogP contribution in [0.15, 0.2) is 12.3 Å². The molecular weight excluding hydrogens is 281 g/mol. The van der Waals surface area contributed by atoms with Crippen molar-refractivity contribution in [2.24, 2.45) is 5.41 Å². The molecule has 0 saturated heterocycles. The van der Waals surface area contributed by atoms with Gasteiger partial charge in [-0.1, -0.05) is 0 Å². The molecule has 20 heavy (non-hydrogen) atoms. The molecule has 0 saturated carbocycles. The second-order valence-corrected chi connectivity index (χ2v) is 4.21. The summed E-state index contributed by atoms with van der Waals surface area (Å²) >= 11 is 0. The molecule has 0 fully saturated rings. The van der Waals surface area contributed by atoms with Crippen molar-refractivity contribution in [3.63, 3.8) is 0 Å². The maximum Gasteiger partial charge on any atom is 0.389 e. The lowest BCUT2D eigenvalue weighted by atomic mass is 9.80. The first-order chi connectivity index (χ1) is 9.21. The maximum atomic E-state index is 13.0. The van der Waals surface area contributed by atoms with E-state index in [4.69, 9.17) is 10.5 Å². The van der Waals surface area contributed by atoms with E-state index in [0.717, 1.165) is 6.20 Å². The van der Waals surface area contributed by atoms with E-state index in [1.165, 1.54) is 12.1 Å². The smallest absolute Gasteiger partial charge is 0.225 e. The highest BCUT2D eigenvalue weighted by molar-refractivity contribution is 5.23. The Kier molecular flexibility index (Phi) is 4.61. The molecular formula is C12H8F5N3. The number of pyridine rings is 1. The molecule has 0 atom stereocenters. The van der Waals surface area contributed by atoms with Gasteiger partial charge in [0, 0.05) is 19.0 Å². The first-order valence-corrected chi connectivity index (χ1v) is 5.40. The number of nitriles is 2. The zero-order valence-electron chi connectivity index (χ0n) is 10.0. The Balaban J connectivity index is 2.95. The molecule has 1 heterocycles. The van der Waals surface area contributed by atoms with Crippen LogP contribution in [0.5, 0.6) is 0 Å². The Labute approximate surface area is 111 Å². The van der Waals surface area contributed by atoms with E-state index in [1.807, 2.05) is 0 Å². The van der Waals surface area contributed by atoms with Crippen LogP contribution in [0.4, 0.5) is 22.0 Å². The fraction of sp³-hybridized carbons (Fsp3) is 0.417. The monoisotopic (exact) mass is 289 g/mol. The number of nitrogens with zero attached hydrogens (tertiary/aromatic N) is 3. The van der Waals surface area contributed by atoms with Gasteiger partial charge in [-0.15, -0.1) is 0 Å². The van der Waals surface area contributed by atoms with Gasteiger partial charge in [0.25, 0.3) is 0 Å². The minimum atomic E-state index is -4.51. The molecule has 0 aliphatic carbocycles. The largest absolute Gasteiger partial charge is 0.389 e. The van der Waals surface area contributed by atoms with Crippen LogP contribution in [0, 0.1) is 39.8 Å². The molecule has 0 aliphatic heterocycles. The van der Waals surface area contributed by atoms with Crippen LogP contribution in [-0.4, -0.2) is 11.2 Å². The van der Waals surface area contributed by atoms with E-state index in [9.17, 15) is 22.0 Å². The fourth-order valence-electron chi connectivity index (χ4n) is 1.57. The van der Waals surface area contributed by atoms with Crippen molar-refractivity contribution in [2.75, 3.05) is 0 Å². The number of hydrogen-bond donors (Lipinski definition) is 0. The highest BCUT2D eigenvalue weighted by Crippen LogP contribution is 2.33. The van der Waals surface area contributed by atoms with Crippen molar-refractivity contribution in [1.29, 1.82) is 10.5 Å². The van der Waals surface area contributed by atoms with Gasteiger partial charge in [-0.2, -0.15) is 28.1 Å². The lowest BCUT2D eigenvalue weighted by molar-refractivity contribution is -0.138. The second kappa shape index (κ2) is 5.83. The van der Waals surface area contributed by atoms with Crippen LogP contribution in [0.1, 0.15) is 18.4 Å². The van der Waals surface area contributed by atoms with Crippen LogP contribution >= 0.6 is 0 Å². The van der Waals surface area contributed by atoms with Gasteiger partial charge in [-0.3, -0.25) is 0 Å². The molecule has 8 heteroatoms. The van der Waals surface area contributed by atoms with Crippen molar-refractivity contribution >= 4 is 0 Å². The number of rotatable bonds is 4. The summed E-state index contributed by atoms with van der Waals surface area (Å²) in [5.41, 5.74) is -1.98. The number of hydrogen-bond acceptors (Lipinski definition) is 3. The Hall–Kier alpha value is -2.22. The zero-order chi connectivity index (χ0) is 15.4. The molecule has 0 bridgehead atoms. The summed E-state index contributed by atoms with van der Waals surface area (Å²) in [5.74, 6) is -2.65.